The summed E-state index contributed by atoms with van der Waals surface area (Å²) in [6.07, 6.45) is 3.37. The summed E-state index contributed by atoms with van der Waals surface area (Å²) < 4.78 is 1.52. The van der Waals surface area contributed by atoms with Crippen molar-refractivity contribution in [1.29, 1.82) is 0 Å². The summed E-state index contributed by atoms with van der Waals surface area (Å²) in [7, 11) is 1.71. The van der Waals surface area contributed by atoms with Crippen LogP contribution in [0.1, 0.15) is 31.0 Å². The lowest BCUT2D eigenvalue weighted by molar-refractivity contribution is -0.137. The molecule has 7 heteroatoms. The molecule has 2 N–H and O–H groups in total. The zero-order valence-corrected chi connectivity index (χ0v) is 12.4. The first kappa shape index (κ1) is 16.2. The number of nitrogens with zero attached hydrogens (tertiary/aromatic N) is 2. The van der Waals surface area contributed by atoms with Gasteiger partial charge in [0.15, 0.2) is 0 Å². The Morgan fingerprint density at radius 2 is 2.20 bits per heavy atom. The Kier molecular flexibility index (Phi) is 5.76. The van der Waals surface area contributed by atoms with Crippen molar-refractivity contribution in [3.63, 3.8) is 0 Å². The van der Waals surface area contributed by atoms with Crippen molar-refractivity contribution in [2.75, 3.05) is 0 Å². The minimum Gasteiger partial charge on any atom is -0.481 e. The molecule has 0 radical (unpaired) electrons. The van der Waals surface area contributed by atoms with E-state index in [2.05, 4.69) is 10.4 Å². The average molecular weight is 300 g/mol. The lowest BCUT2D eigenvalue weighted by Crippen LogP contribution is -2.34. The summed E-state index contributed by atoms with van der Waals surface area (Å²) >= 11 is 6.04. The van der Waals surface area contributed by atoms with Gasteiger partial charge in [0.25, 0.3) is 0 Å². The molecule has 1 amide bonds. The normalized spacial score (nSPS) is 12.6. The van der Waals surface area contributed by atoms with E-state index in [0.29, 0.717) is 17.1 Å². The van der Waals surface area contributed by atoms with Gasteiger partial charge in [-0.05, 0) is 19.4 Å². The number of carboxylic acid groups (broad SMARTS) is 1. The van der Waals surface area contributed by atoms with Gasteiger partial charge in [-0.1, -0.05) is 18.5 Å². The number of aromatic nitrogens is 2. The number of rotatable bonds is 6. The number of carbonyl (C=O) groups excluding carboxylic acids is 1. The number of halogens is 1. The second-order valence-electron chi connectivity index (χ2n) is 4.46. The van der Waals surface area contributed by atoms with Crippen LogP contribution in [0.4, 0.5) is 0 Å². The van der Waals surface area contributed by atoms with E-state index in [1.165, 1.54) is 10.8 Å². The highest BCUT2D eigenvalue weighted by molar-refractivity contribution is 6.31. The predicted molar refractivity (Wildman–Crippen MR) is 76.5 cm³/mol. The Bertz CT molecular complexity index is 537. The van der Waals surface area contributed by atoms with Crippen LogP contribution < -0.4 is 5.32 Å². The van der Waals surface area contributed by atoms with Gasteiger partial charge in [0, 0.05) is 24.7 Å². The van der Waals surface area contributed by atoms with Crippen molar-refractivity contribution in [3.8, 4) is 0 Å². The molecule has 0 aliphatic rings. The Hall–Kier alpha value is -1.82. The summed E-state index contributed by atoms with van der Waals surface area (Å²) in [5, 5.41) is 15.9. The van der Waals surface area contributed by atoms with Gasteiger partial charge in [0.1, 0.15) is 5.15 Å². The Morgan fingerprint density at radius 3 is 2.65 bits per heavy atom. The summed E-state index contributed by atoms with van der Waals surface area (Å²) in [5.41, 5.74) is 1.40. The van der Waals surface area contributed by atoms with Crippen molar-refractivity contribution in [2.45, 2.75) is 32.7 Å². The molecule has 0 aliphatic heterocycles. The maximum atomic E-state index is 11.7. The third kappa shape index (κ3) is 4.38. The SMILES string of the molecule is CCC(CC(=O)O)NC(=O)/C=C/c1c(C)nn(C)c1Cl. The molecule has 0 spiro atoms. The number of hydrogen-bond donors (Lipinski definition) is 2. The van der Waals surface area contributed by atoms with Crippen molar-refractivity contribution in [2.24, 2.45) is 7.05 Å². The van der Waals surface area contributed by atoms with Crippen LogP contribution in [0.15, 0.2) is 6.08 Å². The van der Waals surface area contributed by atoms with E-state index >= 15 is 0 Å². The minimum absolute atomic E-state index is 0.0945. The van der Waals surface area contributed by atoms with Crippen LogP contribution in [0.3, 0.4) is 0 Å². The van der Waals surface area contributed by atoms with Crippen molar-refractivity contribution < 1.29 is 14.7 Å². The van der Waals surface area contributed by atoms with Gasteiger partial charge in [-0.15, -0.1) is 0 Å². The van der Waals surface area contributed by atoms with Gasteiger partial charge in [0.2, 0.25) is 5.91 Å². The highest BCUT2D eigenvalue weighted by Gasteiger charge is 2.13. The highest BCUT2D eigenvalue weighted by atomic mass is 35.5. The van der Waals surface area contributed by atoms with E-state index in [1.54, 1.807) is 20.0 Å². The third-order valence-corrected chi connectivity index (χ3v) is 3.31. The van der Waals surface area contributed by atoms with Crippen LogP contribution in [0, 0.1) is 6.92 Å². The minimum atomic E-state index is -0.938. The van der Waals surface area contributed by atoms with E-state index < -0.39 is 5.97 Å². The van der Waals surface area contributed by atoms with Crippen LogP contribution in [-0.4, -0.2) is 32.8 Å². The first-order valence-corrected chi connectivity index (χ1v) is 6.62. The lowest BCUT2D eigenvalue weighted by Gasteiger charge is -2.12. The number of hydrogen-bond acceptors (Lipinski definition) is 3. The predicted octanol–water partition coefficient (Wildman–Crippen LogP) is 1.76. The molecule has 0 saturated carbocycles. The van der Waals surface area contributed by atoms with Crippen LogP contribution in [0.5, 0.6) is 0 Å². The molecule has 1 unspecified atom stereocenters. The van der Waals surface area contributed by atoms with Crippen LogP contribution in [0.25, 0.3) is 6.08 Å². The van der Waals surface area contributed by atoms with Gasteiger partial charge in [-0.25, -0.2) is 0 Å². The largest absolute Gasteiger partial charge is 0.481 e. The van der Waals surface area contributed by atoms with E-state index in [1.807, 2.05) is 6.92 Å². The molecule has 0 saturated heterocycles. The fourth-order valence-corrected chi connectivity index (χ4v) is 1.99. The molecular formula is C13H18ClN3O3. The Morgan fingerprint density at radius 1 is 1.55 bits per heavy atom. The fraction of sp³-hybridized carbons (Fsp3) is 0.462. The smallest absolute Gasteiger partial charge is 0.305 e. The van der Waals surface area contributed by atoms with Gasteiger partial charge in [-0.2, -0.15) is 5.10 Å². The van der Waals surface area contributed by atoms with E-state index in [9.17, 15) is 9.59 Å². The van der Waals surface area contributed by atoms with Crippen molar-refractivity contribution in [3.05, 3.63) is 22.5 Å². The van der Waals surface area contributed by atoms with Crippen molar-refractivity contribution >= 4 is 29.6 Å². The molecule has 1 heterocycles. The number of aliphatic carboxylic acids is 1. The molecule has 1 aromatic rings. The number of amides is 1. The Balaban J connectivity index is 2.70. The molecular weight excluding hydrogens is 282 g/mol. The summed E-state index contributed by atoms with van der Waals surface area (Å²) in [5.74, 6) is -1.29. The molecule has 6 nitrogen and oxygen atoms in total. The van der Waals surface area contributed by atoms with E-state index in [-0.39, 0.29) is 18.4 Å². The van der Waals surface area contributed by atoms with Gasteiger partial charge < -0.3 is 10.4 Å². The van der Waals surface area contributed by atoms with Gasteiger partial charge in [-0.3, -0.25) is 14.3 Å². The number of carbonyl (C=O) groups is 2. The molecule has 0 bridgehead atoms. The topological polar surface area (TPSA) is 84.2 Å². The first-order chi connectivity index (χ1) is 9.35. The third-order valence-electron chi connectivity index (χ3n) is 2.86. The summed E-state index contributed by atoms with van der Waals surface area (Å²) in [6, 6.07) is -0.380. The van der Waals surface area contributed by atoms with E-state index in [4.69, 9.17) is 16.7 Å². The molecule has 0 aliphatic carbocycles. The highest BCUT2D eigenvalue weighted by Crippen LogP contribution is 2.19. The zero-order valence-electron chi connectivity index (χ0n) is 11.7. The Labute approximate surface area is 122 Å². The fourth-order valence-electron chi connectivity index (χ4n) is 1.75. The second-order valence-corrected chi connectivity index (χ2v) is 4.82. The van der Waals surface area contributed by atoms with Crippen molar-refractivity contribution in [1.82, 2.24) is 15.1 Å². The molecule has 0 fully saturated rings. The first-order valence-electron chi connectivity index (χ1n) is 6.24. The maximum absolute atomic E-state index is 11.7. The van der Waals surface area contributed by atoms with Gasteiger partial charge in [0.05, 0.1) is 12.1 Å². The number of aryl methyl sites for hydroxylation is 2. The van der Waals surface area contributed by atoms with Gasteiger partial charge >= 0.3 is 5.97 Å². The molecule has 1 rings (SSSR count). The molecule has 110 valence electrons. The molecule has 1 aromatic heterocycles. The van der Waals surface area contributed by atoms with Crippen LogP contribution in [0.2, 0.25) is 5.15 Å². The lowest BCUT2D eigenvalue weighted by atomic mass is 10.1. The summed E-state index contributed by atoms with van der Waals surface area (Å²) in [6.45, 7) is 3.61. The monoisotopic (exact) mass is 299 g/mol. The van der Waals surface area contributed by atoms with Crippen LogP contribution in [-0.2, 0) is 16.6 Å². The number of carboxylic acids is 1. The van der Waals surface area contributed by atoms with Crippen LogP contribution >= 0.6 is 11.6 Å². The number of nitrogens with one attached hydrogen (secondary N) is 1. The second kappa shape index (κ2) is 7.09. The average Bonchev–Trinajstić information content (AvgIpc) is 2.60. The zero-order chi connectivity index (χ0) is 15.3. The molecule has 1 atom stereocenters. The quantitative estimate of drug-likeness (QED) is 0.784. The summed E-state index contributed by atoms with van der Waals surface area (Å²) in [4.78, 5) is 22.4. The molecule has 0 aromatic carbocycles. The standard InChI is InChI=1S/C13H18ClN3O3/c1-4-9(7-12(19)20)15-11(18)6-5-10-8(2)16-17(3)13(10)14/h5-6,9H,4,7H2,1-3H3,(H,15,18)(H,19,20)/b6-5+. The maximum Gasteiger partial charge on any atom is 0.305 e. The van der Waals surface area contributed by atoms with E-state index in [0.717, 1.165) is 5.69 Å². The molecule has 20 heavy (non-hydrogen) atoms.